The lowest BCUT2D eigenvalue weighted by molar-refractivity contribution is 0.397. The van der Waals surface area contributed by atoms with Gasteiger partial charge in [-0.15, -0.1) is 0 Å². The summed E-state index contributed by atoms with van der Waals surface area (Å²) in [5, 5.41) is 0. The Bertz CT molecular complexity index is 632. The Kier molecular flexibility index (Phi) is 4.77. The van der Waals surface area contributed by atoms with Gasteiger partial charge in [-0.2, -0.15) is 0 Å². The number of aryl methyl sites for hydroxylation is 1. The Morgan fingerprint density at radius 1 is 1.14 bits per heavy atom. The van der Waals surface area contributed by atoms with Gasteiger partial charge in [0, 0.05) is 0 Å². The van der Waals surface area contributed by atoms with Gasteiger partial charge >= 0.3 is 0 Å². The standard InChI is InChI=1S/C16H19FN2O2/c1-10-9-11(20-2)7-8-12(10)16(19-18)15-13(17)5-4-6-14(15)21-3/h4-9,16,19H,18H2,1-3H3. The Hall–Kier alpha value is -2.11. The predicted octanol–water partition coefficient (Wildman–Crippen LogP) is 2.70. The first kappa shape index (κ1) is 15.3. The molecule has 0 fully saturated rings. The van der Waals surface area contributed by atoms with Crippen molar-refractivity contribution in [3.8, 4) is 11.5 Å². The lowest BCUT2D eigenvalue weighted by Gasteiger charge is -2.22. The quantitative estimate of drug-likeness (QED) is 0.656. The number of nitrogens with one attached hydrogen (secondary N) is 1. The highest BCUT2D eigenvalue weighted by Gasteiger charge is 2.22. The van der Waals surface area contributed by atoms with Gasteiger partial charge in [-0.05, 0) is 42.3 Å². The molecule has 0 amide bonds. The monoisotopic (exact) mass is 290 g/mol. The van der Waals surface area contributed by atoms with Crippen LogP contribution in [0.25, 0.3) is 0 Å². The number of nitrogens with two attached hydrogens (primary N) is 1. The number of methoxy groups -OCH3 is 2. The molecule has 2 aromatic rings. The molecule has 0 aliphatic heterocycles. The van der Waals surface area contributed by atoms with Crippen molar-refractivity contribution in [2.45, 2.75) is 13.0 Å². The molecule has 21 heavy (non-hydrogen) atoms. The molecule has 0 saturated heterocycles. The molecule has 1 atom stereocenters. The van der Waals surface area contributed by atoms with Crippen LogP contribution < -0.4 is 20.7 Å². The summed E-state index contributed by atoms with van der Waals surface area (Å²) in [6.45, 7) is 1.93. The smallest absolute Gasteiger partial charge is 0.132 e. The second kappa shape index (κ2) is 6.56. The third-order valence-corrected chi connectivity index (χ3v) is 3.48. The normalized spacial score (nSPS) is 12.0. The van der Waals surface area contributed by atoms with Gasteiger partial charge in [0.15, 0.2) is 0 Å². The molecule has 0 saturated carbocycles. The molecule has 0 spiro atoms. The summed E-state index contributed by atoms with van der Waals surface area (Å²) in [5.74, 6) is 6.49. The van der Waals surface area contributed by atoms with Gasteiger partial charge in [-0.3, -0.25) is 5.84 Å². The van der Waals surface area contributed by atoms with E-state index < -0.39 is 6.04 Å². The molecule has 0 aliphatic carbocycles. The molecule has 0 aromatic heterocycles. The Morgan fingerprint density at radius 2 is 1.90 bits per heavy atom. The van der Waals surface area contributed by atoms with E-state index in [0.717, 1.165) is 16.9 Å². The van der Waals surface area contributed by atoms with Crippen LogP contribution in [0.4, 0.5) is 4.39 Å². The van der Waals surface area contributed by atoms with Crippen LogP contribution >= 0.6 is 0 Å². The van der Waals surface area contributed by atoms with Gasteiger partial charge in [0.2, 0.25) is 0 Å². The zero-order valence-corrected chi connectivity index (χ0v) is 12.3. The summed E-state index contributed by atoms with van der Waals surface area (Å²) in [4.78, 5) is 0. The summed E-state index contributed by atoms with van der Waals surface area (Å²) in [6, 6.07) is 9.76. The molecule has 0 heterocycles. The summed E-state index contributed by atoms with van der Waals surface area (Å²) < 4.78 is 24.7. The van der Waals surface area contributed by atoms with Crippen molar-refractivity contribution in [1.82, 2.24) is 5.43 Å². The van der Waals surface area contributed by atoms with E-state index >= 15 is 0 Å². The van der Waals surface area contributed by atoms with Crippen molar-refractivity contribution in [1.29, 1.82) is 0 Å². The molecule has 1 unspecified atom stereocenters. The maximum atomic E-state index is 14.2. The van der Waals surface area contributed by atoms with Gasteiger partial charge in [0.25, 0.3) is 0 Å². The molecule has 2 aromatic carbocycles. The highest BCUT2D eigenvalue weighted by Crippen LogP contribution is 2.34. The fourth-order valence-electron chi connectivity index (χ4n) is 2.40. The fourth-order valence-corrected chi connectivity index (χ4v) is 2.40. The highest BCUT2D eigenvalue weighted by molar-refractivity contribution is 5.46. The minimum absolute atomic E-state index is 0.368. The molecule has 5 heteroatoms. The molecule has 0 radical (unpaired) electrons. The number of hydrazine groups is 1. The number of hydrogen-bond donors (Lipinski definition) is 2. The van der Waals surface area contributed by atoms with E-state index in [0.29, 0.717) is 11.3 Å². The fraction of sp³-hybridized carbons (Fsp3) is 0.250. The van der Waals surface area contributed by atoms with Gasteiger partial charge in [0.05, 0.1) is 25.8 Å². The van der Waals surface area contributed by atoms with E-state index in [4.69, 9.17) is 15.3 Å². The predicted molar refractivity (Wildman–Crippen MR) is 79.8 cm³/mol. The van der Waals surface area contributed by atoms with Crippen molar-refractivity contribution in [3.05, 3.63) is 58.9 Å². The van der Waals surface area contributed by atoms with Crippen molar-refractivity contribution in [2.24, 2.45) is 5.84 Å². The van der Waals surface area contributed by atoms with Crippen molar-refractivity contribution in [2.75, 3.05) is 14.2 Å². The maximum Gasteiger partial charge on any atom is 0.132 e. The van der Waals surface area contributed by atoms with Gasteiger partial charge < -0.3 is 9.47 Å². The van der Waals surface area contributed by atoms with Crippen LogP contribution in [0, 0.1) is 12.7 Å². The molecule has 3 N–H and O–H groups in total. The van der Waals surface area contributed by atoms with E-state index in [9.17, 15) is 4.39 Å². The van der Waals surface area contributed by atoms with Crippen molar-refractivity contribution >= 4 is 0 Å². The summed E-state index contributed by atoms with van der Waals surface area (Å²) >= 11 is 0. The van der Waals surface area contributed by atoms with Crippen LogP contribution in [0.3, 0.4) is 0 Å². The molecular formula is C16H19FN2O2. The van der Waals surface area contributed by atoms with E-state index in [-0.39, 0.29) is 5.82 Å². The SMILES string of the molecule is COc1ccc(C(NN)c2c(F)cccc2OC)c(C)c1. The van der Waals surface area contributed by atoms with Crippen LogP contribution in [0.2, 0.25) is 0 Å². The molecule has 112 valence electrons. The average Bonchev–Trinajstić information content (AvgIpc) is 2.50. The average molecular weight is 290 g/mol. The summed E-state index contributed by atoms with van der Waals surface area (Å²) in [6.07, 6.45) is 0. The topological polar surface area (TPSA) is 56.5 Å². The third-order valence-electron chi connectivity index (χ3n) is 3.48. The second-order valence-electron chi connectivity index (χ2n) is 4.68. The number of benzene rings is 2. The minimum atomic E-state index is -0.507. The Morgan fingerprint density at radius 3 is 2.48 bits per heavy atom. The van der Waals surface area contributed by atoms with E-state index in [1.807, 2.05) is 25.1 Å². The third kappa shape index (κ3) is 2.99. The van der Waals surface area contributed by atoms with Gasteiger partial charge in [0.1, 0.15) is 17.3 Å². The van der Waals surface area contributed by atoms with Crippen LogP contribution in [0.5, 0.6) is 11.5 Å². The van der Waals surface area contributed by atoms with Gasteiger partial charge in [-0.25, -0.2) is 9.82 Å². The van der Waals surface area contributed by atoms with Crippen molar-refractivity contribution in [3.63, 3.8) is 0 Å². The number of halogens is 1. The zero-order valence-electron chi connectivity index (χ0n) is 12.3. The first-order valence-electron chi connectivity index (χ1n) is 6.55. The van der Waals surface area contributed by atoms with Crippen molar-refractivity contribution < 1.29 is 13.9 Å². The number of rotatable bonds is 5. The van der Waals surface area contributed by atoms with E-state index in [1.54, 1.807) is 19.2 Å². The molecule has 0 bridgehead atoms. The molecule has 4 nitrogen and oxygen atoms in total. The first-order valence-corrected chi connectivity index (χ1v) is 6.55. The minimum Gasteiger partial charge on any atom is -0.497 e. The largest absolute Gasteiger partial charge is 0.497 e. The summed E-state index contributed by atoms with van der Waals surface area (Å²) in [5.41, 5.74) is 4.86. The molecule has 0 aliphatic rings. The first-order chi connectivity index (χ1) is 10.1. The Labute approximate surface area is 123 Å². The van der Waals surface area contributed by atoms with E-state index in [2.05, 4.69) is 5.43 Å². The van der Waals surface area contributed by atoms with Crippen LogP contribution in [-0.2, 0) is 0 Å². The lowest BCUT2D eigenvalue weighted by Crippen LogP contribution is -2.30. The number of ether oxygens (including phenoxy) is 2. The molecule has 2 rings (SSSR count). The van der Waals surface area contributed by atoms with Crippen LogP contribution in [0.1, 0.15) is 22.7 Å². The lowest BCUT2D eigenvalue weighted by atomic mass is 9.94. The zero-order chi connectivity index (χ0) is 15.4. The van der Waals surface area contributed by atoms with Crippen LogP contribution in [-0.4, -0.2) is 14.2 Å². The highest BCUT2D eigenvalue weighted by atomic mass is 19.1. The Balaban J connectivity index is 2.55. The van der Waals surface area contributed by atoms with Gasteiger partial charge in [-0.1, -0.05) is 12.1 Å². The van der Waals surface area contributed by atoms with E-state index in [1.165, 1.54) is 13.2 Å². The maximum absolute atomic E-state index is 14.2. The summed E-state index contributed by atoms with van der Waals surface area (Å²) in [7, 11) is 3.11. The van der Waals surface area contributed by atoms with Crippen LogP contribution in [0.15, 0.2) is 36.4 Å². The molecular weight excluding hydrogens is 271 g/mol. The second-order valence-corrected chi connectivity index (χ2v) is 4.68. The number of hydrogen-bond acceptors (Lipinski definition) is 4.